The summed E-state index contributed by atoms with van der Waals surface area (Å²) < 4.78 is 0. The standard InChI is InChI=1S/C16H26N2/c1-12-7-6-8-15(14(12)3)18-10-9-13(2)17-16(4,5)11-18/h6-8,13,17H,9-11H2,1-5H3. The smallest absolute Gasteiger partial charge is 0.0399 e. The largest absolute Gasteiger partial charge is 0.369 e. The van der Waals surface area contributed by atoms with E-state index in [-0.39, 0.29) is 5.54 Å². The zero-order valence-electron chi connectivity index (χ0n) is 12.4. The predicted octanol–water partition coefficient (Wildman–Crippen LogP) is 3.27. The van der Waals surface area contributed by atoms with Crippen molar-refractivity contribution in [3.05, 3.63) is 29.3 Å². The van der Waals surface area contributed by atoms with Crippen LogP contribution in [-0.2, 0) is 0 Å². The van der Waals surface area contributed by atoms with Gasteiger partial charge in [-0.05, 0) is 58.2 Å². The van der Waals surface area contributed by atoms with Crippen molar-refractivity contribution >= 4 is 5.69 Å². The fraction of sp³-hybridized carbons (Fsp3) is 0.625. The summed E-state index contributed by atoms with van der Waals surface area (Å²) in [5.74, 6) is 0. The van der Waals surface area contributed by atoms with Gasteiger partial charge in [-0.1, -0.05) is 12.1 Å². The van der Waals surface area contributed by atoms with Crippen molar-refractivity contribution in [1.29, 1.82) is 0 Å². The first kappa shape index (κ1) is 13.4. The van der Waals surface area contributed by atoms with E-state index >= 15 is 0 Å². The van der Waals surface area contributed by atoms with Gasteiger partial charge in [-0.25, -0.2) is 0 Å². The molecule has 2 nitrogen and oxygen atoms in total. The number of hydrogen-bond acceptors (Lipinski definition) is 2. The minimum Gasteiger partial charge on any atom is -0.369 e. The topological polar surface area (TPSA) is 15.3 Å². The Morgan fingerprint density at radius 1 is 1.28 bits per heavy atom. The highest BCUT2D eigenvalue weighted by molar-refractivity contribution is 5.56. The number of nitrogens with one attached hydrogen (secondary N) is 1. The molecular weight excluding hydrogens is 220 g/mol. The molecule has 1 aromatic carbocycles. The Morgan fingerprint density at radius 2 is 2.00 bits per heavy atom. The number of benzene rings is 1. The average molecular weight is 246 g/mol. The highest BCUT2D eigenvalue weighted by Gasteiger charge is 2.27. The second kappa shape index (κ2) is 4.93. The molecule has 1 heterocycles. The lowest BCUT2D eigenvalue weighted by molar-refractivity contribution is 0.368. The third-order valence-corrected chi connectivity index (χ3v) is 3.97. The Kier molecular flexibility index (Phi) is 3.67. The summed E-state index contributed by atoms with van der Waals surface area (Å²) in [4.78, 5) is 2.54. The lowest BCUT2D eigenvalue weighted by Gasteiger charge is -2.33. The summed E-state index contributed by atoms with van der Waals surface area (Å²) in [6.07, 6.45) is 1.21. The summed E-state index contributed by atoms with van der Waals surface area (Å²) in [7, 11) is 0. The quantitative estimate of drug-likeness (QED) is 0.818. The number of hydrogen-bond donors (Lipinski definition) is 1. The normalized spacial score (nSPS) is 23.8. The van der Waals surface area contributed by atoms with E-state index in [4.69, 9.17) is 0 Å². The van der Waals surface area contributed by atoms with E-state index in [1.807, 2.05) is 0 Å². The van der Waals surface area contributed by atoms with Crippen LogP contribution in [0.3, 0.4) is 0 Å². The Balaban J connectivity index is 2.29. The summed E-state index contributed by atoms with van der Waals surface area (Å²) in [6, 6.07) is 7.22. The van der Waals surface area contributed by atoms with Gasteiger partial charge in [0.15, 0.2) is 0 Å². The Morgan fingerprint density at radius 3 is 2.72 bits per heavy atom. The predicted molar refractivity (Wildman–Crippen MR) is 79.4 cm³/mol. The first-order valence-electron chi connectivity index (χ1n) is 6.98. The molecule has 1 aliphatic heterocycles. The van der Waals surface area contributed by atoms with E-state index in [9.17, 15) is 0 Å². The van der Waals surface area contributed by atoms with Crippen LogP contribution < -0.4 is 10.2 Å². The lowest BCUT2D eigenvalue weighted by Crippen LogP contribution is -2.49. The van der Waals surface area contributed by atoms with Gasteiger partial charge in [0, 0.05) is 30.4 Å². The molecule has 0 aromatic heterocycles. The Labute approximate surface area is 111 Å². The molecule has 1 aliphatic rings. The number of nitrogens with zero attached hydrogens (tertiary/aromatic N) is 1. The van der Waals surface area contributed by atoms with Crippen molar-refractivity contribution in [2.24, 2.45) is 0 Å². The Bertz CT molecular complexity index is 423. The van der Waals surface area contributed by atoms with Gasteiger partial charge in [0.2, 0.25) is 0 Å². The molecule has 0 radical (unpaired) electrons. The minimum atomic E-state index is 0.173. The molecule has 18 heavy (non-hydrogen) atoms. The molecule has 100 valence electrons. The van der Waals surface area contributed by atoms with Crippen molar-refractivity contribution in [2.45, 2.75) is 52.6 Å². The molecule has 1 aromatic rings. The second-order valence-electron chi connectivity index (χ2n) is 6.36. The Hall–Kier alpha value is -1.02. The van der Waals surface area contributed by atoms with Gasteiger partial charge in [-0.15, -0.1) is 0 Å². The van der Waals surface area contributed by atoms with E-state index in [0.29, 0.717) is 6.04 Å². The van der Waals surface area contributed by atoms with Gasteiger partial charge >= 0.3 is 0 Å². The minimum absolute atomic E-state index is 0.173. The SMILES string of the molecule is Cc1cccc(N2CCC(C)NC(C)(C)C2)c1C. The zero-order chi connectivity index (χ0) is 13.3. The molecule has 1 atom stereocenters. The fourth-order valence-corrected chi connectivity index (χ4v) is 2.97. The maximum Gasteiger partial charge on any atom is 0.0399 e. The summed E-state index contributed by atoms with van der Waals surface area (Å²) in [5.41, 5.74) is 4.38. The van der Waals surface area contributed by atoms with Crippen LogP contribution in [0.15, 0.2) is 18.2 Å². The van der Waals surface area contributed by atoms with Crippen LogP contribution in [-0.4, -0.2) is 24.7 Å². The number of rotatable bonds is 1. The van der Waals surface area contributed by atoms with E-state index in [2.05, 4.69) is 63.0 Å². The van der Waals surface area contributed by atoms with Crippen LogP contribution in [0.4, 0.5) is 5.69 Å². The maximum atomic E-state index is 3.71. The number of anilines is 1. The van der Waals surface area contributed by atoms with Crippen LogP contribution in [0.5, 0.6) is 0 Å². The highest BCUT2D eigenvalue weighted by atomic mass is 15.2. The van der Waals surface area contributed by atoms with Gasteiger partial charge in [-0.3, -0.25) is 0 Å². The first-order chi connectivity index (χ1) is 8.39. The second-order valence-corrected chi connectivity index (χ2v) is 6.36. The molecule has 1 saturated heterocycles. The molecule has 0 bridgehead atoms. The molecule has 2 heteroatoms. The van der Waals surface area contributed by atoms with E-state index in [1.165, 1.54) is 23.2 Å². The summed E-state index contributed by atoms with van der Waals surface area (Å²) in [5, 5.41) is 3.71. The van der Waals surface area contributed by atoms with Crippen molar-refractivity contribution in [3.63, 3.8) is 0 Å². The fourth-order valence-electron chi connectivity index (χ4n) is 2.97. The van der Waals surface area contributed by atoms with Crippen LogP contribution >= 0.6 is 0 Å². The summed E-state index contributed by atoms with van der Waals surface area (Å²) >= 11 is 0. The van der Waals surface area contributed by atoms with E-state index in [0.717, 1.165) is 13.1 Å². The van der Waals surface area contributed by atoms with E-state index < -0.39 is 0 Å². The molecule has 1 unspecified atom stereocenters. The monoisotopic (exact) mass is 246 g/mol. The third-order valence-electron chi connectivity index (χ3n) is 3.97. The van der Waals surface area contributed by atoms with Gasteiger partial charge in [0.05, 0.1) is 0 Å². The third kappa shape index (κ3) is 2.86. The molecule has 1 fully saturated rings. The molecule has 0 amide bonds. The van der Waals surface area contributed by atoms with Gasteiger partial charge in [-0.2, -0.15) is 0 Å². The molecule has 0 spiro atoms. The van der Waals surface area contributed by atoms with Gasteiger partial charge < -0.3 is 10.2 Å². The molecule has 2 rings (SSSR count). The average Bonchev–Trinajstić information content (AvgIpc) is 2.40. The molecule has 0 aliphatic carbocycles. The van der Waals surface area contributed by atoms with Crippen molar-refractivity contribution in [1.82, 2.24) is 5.32 Å². The van der Waals surface area contributed by atoms with Crippen molar-refractivity contribution in [3.8, 4) is 0 Å². The lowest BCUT2D eigenvalue weighted by atomic mass is 10.0. The van der Waals surface area contributed by atoms with Gasteiger partial charge in [0.1, 0.15) is 0 Å². The van der Waals surface area contributed by atoms with Crippen LogP contribution in [0.25, 0.3) is 0 Å². The molecule has 0 saturated carbocycles. The zero-order valence-corrected chi connectivity index (χ0v) is 12.4. The van der Waals surface area contributed by atoms with E-state index in [1.54, 1.807) is 0 Å². The number of aryl methyl sites for hydroxylation is 1. The van der Waals surface area contributed by atoms with Crippen LogP contribution in [0.2, 0.25) is 0 Å². The van der Waals surface area contributed by atoms with Crippen molar-refractivity contribution in [2.75, 3.05) is 18.0 Å². The highest BCUT2D eigenvalue weighted by Crippen LogP contribution is 2.26. The van der Waals surface area contributed by atoms with Crippen LogP contribution in [0, 0.1) is 13.8 Å². The molecule has 1 N–H and O–H groups in total. The molecular formula is C16H26N2. The van der Waals surface area contributed by atoms with Gasteiger partial charge in [0.25, 0.3) is 0 Å². The summed E-state index contributed by atoms with van der Waals surface area (Å²) in [6.45, 7) is 13.5. The maximum absolute atomic E-state index is 3.71. The van der Waals surface area contributed by atoms with Crippen molar-refractivity contribution < 1.29 is 0 Å². The van der Waals surface area contributed by atoms with Crippen LogP contribution in [0.1, 0.15) is 38.3 Å². The first-order valence-corrected chi connectivity index (χ1v) is 6.98.